The fourth-order valence-corrected chi connectivity index (χ4v) is 1.68. The Morgan fingerprint density at radius 1 is 1.19 bits per heavy atom. The van der Waals surface area contributed by atoms with E-state index < -0.39 is 0 Å². The first-order valence-electron chi connectivity index (χ1n) is 6.05. The van der Waals surface area contributed by atoms with Crippen LogP contribution in [0.15, 0.2) is 18.2 Å². The van der Waals surface area contributed by atoms with Gasteiger partial charge in [0.1, 0.15) is 5.75 Å². The van der Waals surface area contributed by atoms with Gasteiger partial charge >= 0.3 is 0 Å². The maximum absolute atomic E-state index is 5.96. The van der Waals surface area contributed by atoms with Gasteiger partial charge in [-0.1, -0.05) is 52.8 Å². The van der Waals surface area contributed by atoms with Crippen molar-refractivity contribution in [3.05, 3.63) is 29.3 Å². The van der Waals surface area contributed by atoms with Gasteiger partial charge in [0.2, 0.25) is 0 Å². The molecule has 0 saturated heterocycles. The molecule has 0 aliphatic carbocycles. The second-order valence-electron chi connectivity index (χ2n) is 5.91. The Morgan fingerprint density at radius 2 is 1.81 bits per heavy atom. The van der Waals surface area contributed by atoms with Gasteiger partial charge in [0.25, 0.3) is 0 Å². The Balaban J connectivity index is 3.04. The lowest BCUT2D eigenvalue weighted by molar-refractivity contribution is 0.263. The molecule has 0 aliphatic heterocycles. The second kappa shape index (κ2) is 4.90. The van der Waals surface area contributed by atoms with Crippen molar-refractivity contribution in [2.45, 2.75) is 47.0 Å². The Bertz CT molecular complexity index is 345. The monoisotopic (exact) mass is 220 g/mol. The third-order valence-electron chi connectivity index (χ3n) is 2.58. The van der Waals surface area contributed by atoms with Crippen molar-refractivity contribution in [3.8, 4) is 5.75 Å². The molecule has 16 heavy (non-hydrogen) atoms. The number of ether oxygens (including phenoxy) is 1. The first kappa shape index (κ1) is 13.1. The average molecular weight is 220 g/mol. The average Bonchev–Trinajstić information content (AvgIpc) is 2.13. The van der Waals surface area contributed by atoms with Crippen molar-refractivity contribution in [1.29, 1.82) is 0 Å². The first-order chi connectivity index (χ1) is 7.32. The van der Waals surface area contributed by atoms with Gasteiger partial charge in [-0.2, -0.15) is 0 Å². The van der Waals surface area contributed by atoms with Gasteiger partial charge in [0.15, 0.2) is 0 Å². The van der Waals surface area contributed by atoms with Gasteiger partial charge in [-0.15, -0.1) is 0 Å². The lowest BCUT2D eigenvalue weighted by Gasteiger charge is -2.24. The van der Waals surface area contributed by atoms with E-state index in [1.165, 1.54) is 11.1 Å². The van der Waals surface area contributed by atoms with E-state index in [9.17, 15) is 0 Å². The van der Waals surface area contributed by atoms with Crippen molar-refractivity contribution in [3.63, 3.8) is 0 Å². The molecule has 0 saturated carbocycles. The highest BCUT2D eigenvalue weighted by Gasteiger charge is 2.20. The minimum atomic E-state index is 0.137. The molecule has 0 fully saturated rings. The zero-order valence-corrected chi connectivity index (χ0v) is 11.4. The van der Waals surface area contributed by atoms with Gasteiger partial charge < -0.3 is 4.74 Å². The van der Waals surface area contributed by atoms with Crippen LogP contribution in [0.2, 0.25) is 0 Å². The number of hydrogen-bond donors (Lipinski definition) is 0. The van der Waals surface area contributed by atoms with E-state index in [1.807, 2.05) is 0 Å². The van der Waals surface area contributed by atoms with E-state index in [0.29, 0.717) is 5.92 Å². The fourth-order valence-electron chi connectivity index (χ4n) is 1.68. The van der Waals surface area contributed by atoms with Crippen LogP contribution in [0.1, 0.15) is 45.7 Å². The van der Waals surface area contributed by atoms with Crippen LogP contribution in [-0.2, 0) is 5.41 Å². The van der Waals surface area contributed by atoms with Gasteiger partial charge in [-0.05, 0) is 29.4 Å². The number of hydrogen-bond acceptors (Lipinski definition) is 1. The minimum absolute atomic E-state index is 0.137. The van der Waals surface area contributed by atoms with Crippen LogP contribution in [0.3, 0.4) is 0 Å². The Labute approximate surface area is 99.8 Å². The summed E-state index contributed by atoms with van der Waals surface area (Å²) in [6.45, 7) is 13.9. The summed E-state index contributed by atoms with van der Waals surface area (Å²) in [5.41, 5.74) is 2.67. The fraction of sp³-hybridized carbons (Fsp3) is 0.600. The Hall–Kier alpha value is -0.980. The van der Waals surface area contributed by atoms with Crippen LogP contribution < -0.4 is 4.74 Å². The largest absolute Gasteiger partial charge is 0.493 e. The standard InChI is InChI=1S/C15H24O/c1-11(2)10-16-14-12(3)8-7-9-13(14)15(4,5)6/h7-9,11H,10H2,1-6H3. The van der Waals surface area contributed by atoms with Crippen LogP contribution >= 0.6 is 0 Å². The molecule has 1 heteroatoms. The number of aryl methyl sites for hydroxylation is 1. The Morgan fingerprint density at radius 3 is 2.31 bits per heavy atom. The summed E-state index contributed by atoms with van der Waals surface area (Å²) in [6, 6.07) is 6.39. The first-order valence-corrected chi connectivity index (χ1v) is 6.05. The highest BCUT2D eigenvalue weighted by Crippen LogP contribution is 2.33. The molecule has 0 unspecified atom stereocenters. The summed E-state index contributed by atoms with van der Waals surface area (Å²) in [4.78, 5) is 0. The maximum Gasteiger partial charge on any atom is 0.125 e. The third kappa shape index (κ3) is 3.26. The molecule has 0 atom stereocenters. The predicted octanol–water partition coefficient (Wildman–Crippen LogP) is 4.33. The lowest BCUT2D eigenvalue weighted by Crippen LogP contribution is -2.15. The van der Waals surface area contributed by atoms with E-state index in [2.05, 4.69) is 59.7 Å². The quantitative estimate of drug-likeness (QED) is 0.737. The maximum atomic E-state index is 5.96. The highest BCUT2D eigenvalue weighted by molar-refractivity contribution is 5.44. The summed E-state index contributed by atoms with van der Waals surface area (Å²) in [5.74, 6) is 1.64. The molecule has 0 spiro atoms. The molecule has 0 aliphatic rings. The van der Waals surface area contributed by atoms with E-state index in [-0.39, 0.29) is 5.41 Å². The molecule has 0 radical (unpaired) electrons. The molecular weight excluding hydrogens is 196 g/mol. The zero-order chi connectivity index (χ0) is 12.3. The smallest absolute Gasteiger partial charge is 0.125 e. The van der Waals surface area contributed by atoms with Crippen molar-refractivity contribution in [2.24, 2.45) is 5.92 Å². The molecule has 0 amide bonds. The van der Waals surface area contributed by atoms with Gasteiger partial charge in [0, 0.05) is 0 Å². The number of rotatable bonds is 3. The van der Waals surface area contributed by atoms with Crippen molar-refractivity contribution < 1.29 is 4.74 Å². The van der Waals surface area contributed by atoms with Crippen LogP contribution in [-0.4, -0.2) is 6.61 Å². The number of para-hydroxylation sites is 1. The summed E-state index contributed by atoms with van der Waals surface area (Å²) in [5, 5.41) is 0. The summed E-state index contributed by atoms with van der Waals surface area (Å²) in [7, 11) is 0. The Kier molecular flexibility index (Phi) is 4.01. The van der Waals surface area contributed by atoms with Gasteiger partial charge in [-0.25, -0.2) is 0 Å². The van der Waals surface area contributed by atoms with Crippen molar-refractivity contribution in [1.82, 2.24) is 0 Å². The van der Waals surface area contributed by atoms with Crippen LogP contribution in [0.5, 0.6) is 5.75 Å². The molecule has 1 aromatic rings. The van der Waals surface area contributed by atoms with Crippen molar-refractivity contribution in [2.75, 3.05) is 6.61 Å². The van der Waals surface area contributed by atoms with E-state index >= 15 is 0 Å². The predicted molar refractivity (Wildman–Crippen MR) is 70.2 cm³/mol. The van der Waals surface area contributed by atoms with Crippen LogP contribution in [0.4, 0.5) is 0 Å². The van der Waals surface area contributed by atoms with E-state index in [0.717, 1.165) is 12.4 Å². The van der Waals surface area contributed by atoms with Gasteiger partial charge in [0.05, 0.1) is 6.61 Å². The minimum Gasteiger partial charge on any atom is -0.493 e. The molecule has 1 nitrogen and oxygen atoms in total. The molecule has 0 aromatic heterocycles. The summed E-state index contributed by atoms with van der Waals surface area (Å²) >= 11 is 0. The van der Waals surface area contributed by atoms with Crippen LogP contribution in [0, 0.1) is 12.8 Å². The SMILES string of the molecule is Cc1cccc(C(C)(C)C)c1OCC(C)C. The third-order valence-corrected chi connectivity index (χ3v) is 2.58. The number of benzene rings is 1. The topological polar surface area (TPSA) is 9.23 Å². The lowest BCUT2D eigenvalue weighted by atomic mass is 9.85. The molecule has 0 N–H and O–H groups in total. The highest BCUT2D eigenvalue weighted by atomic mass is 16.5. The normalized spacial score (nSPS) is 11.9. The second-order valence-corrected chi connectivity index (χ2v) is 5.91. The molecule has 1 rings (SSSR count). The molecule has 1 aromatic carbocycles. The van der Waals surface area contributed by atoms with Gasteiger partial charge in [-0.3, -0.25) is 0 Å². The molecular formula is C15H24O. The van der Waals surface area contributed by atoms with E-state index in [1.54, 1.807) is 0 Å². The van der Waals surface area contributed by atoms with Crippen LogP contribution in [0.25, 0.3) is 0 Å². The van der Waals surface area contributed by atoms with E-state index in [4.69, 9.17) is 4.74 Å². The molecule has 0 bridgehead atoms. The molecule has 90 valence electrons. The summed E-state index contributed by atoms with van der Waals surface area (Å²) < 4.78 is 5.96. The zero-order valence-electron chi connectivity index (χ0n) is 11.4. The summed E-state index contributed by atoms with van der Waals surface area (Å²) in [6.07, 6.45) is 0. The molecule has 0 heterocycles. The van der Waals surface area contributed by atoms with Crippen molar-refractivity contribution >= 4 is 0 Å².